The second-order valence-electron chi connectivity index (χ2n) is 4.74. The number of rotatable bonds is 3. The van der Waals surface area contributed by atoms with Crippen LogP contribution in [0.4, 0.5) is 11.4 Å². The predicted molar refractivity (Wildman–Crippen MR) is 82.3 cm³/mol. The van der Waals surface area contributed by atoms with E-state index in [4.69, 9.17) is 11.0 Å². The first-order chi connectivity index (χ1) is 9.85. The number of nitrogens with zero attached hydrogens (tertiary/aromatic N) is 1. The van der Waals surface area contributed by atoms with Gasteiger partial charge in [0.2, 0.25) is 0 Å². The molecule has 0 spiro atoms. The third-order valence-corrected chi connectivity index (χ3v) is 4.71. The first-order valence-corrected chi connectivity index (χ1v) is 7.72. The van der Waals surface area contributed by atoms with Gasteiger partial charge in [0, 0.05) is 0 Å². The summed E-state index contributed by atoms with van der Waals surface area (Å²) in [5.74, 6) is 0. The fourth-order valence-electron chi connectivity index (χ4n) is 2.02. The van der Waals surface area contributed by atoms with Gasteiger partial charge in [0.25, 0.3) is 10.0 Å². The zero-order valence-electron chi connectivity index (χ0n) is 11.7. The molecule has 0 radical (unpaired) electrons. The van der Waals surface area contributed by atoms with Crippen LogP contribution in [0.5, 0.6) is 0 Å². The molecule has 2 rings (SSSR count). The van der Waals surface area contributed by atoms with Gasteiger partial charge in [-0.25, -0.2) is 8.42 Å². The van der Waals surface area contributed by atoms with Gasteiger partial charge in [-0.2, -0.15) is 5.26 Å². The van der Waals surface area contributed by atoms with Gasteiger partial charge in [-0.1, -0.05) is 18.2 Å². The fourth-order valence-corrected chi connectivity index (χ4v) is 3.50. The topological polar surface area (TPSA) is 96.0 Å². The highest BCUT2D eigenvalue weighted by Crippen LogP contribution is 2.27. The Morgan fingerprint density at radius 3 is 2.48 bits per heavy atom. The number of nitrogens with one attached hydrogen (secondary N) is 1. The maximum absolute atomic E-state index is 12.5. The summed E-state index contributed by atoms with van der Waals surface area (Å²) in [5, 5.41) is 8.85. The van der Waals surface area contributed by atoms with Crippen molar-refractivity contribution in [1.29, 1.82) is 5.26 Å². The van der Waals surface area contributed by atoms with E-state index in [1.54, 1.807) is 44.2 Å². The van der Waals surface area contributed by atoms with Gasteiger partial charge in [0.1, 0.15) is 4.90 Å². The molecule has 0 amide bonds. The van der Waals surface area contributed by atoms with Crippen LogP contribution in [0.1, 0.15) is 16.7 Å². The van der Waals surface area contributed by atoms with Crippen molar-refractivity contribution in [1.82, 2.24) is 0 Å². The average Bonchev–Trinajstić information content (AvgIpc) is 2.42. The number of hydrogen-bond donors (Lipinski definition) is 2. The minimum atomic E-state index is -3.81. The zero-order valence-corrected chi connectivity index (χ0v) is 12.5. The van der Waals surface area contributed by atoms with E-state index in [1.807, 2.05) is 6.07 Å². The molecule has 6 heteroatoms. The SMILES string of the molecule is Cc1ccc(C)c(S(=O)(=O)Nc2cccc(C#N)c2)c1N. The van der Waals surface area contributed by atoms with Crippen LogP contribution in [0.2, 0.25) is 0 Å². The molecule has 0 aromatic heterocycles. The van der Waals surface area contributed by atoms with E-state index >= 15 is 0 Å². The first-order valence-electron chi connectivity index (χ1n) is 6.24. The highest BCUT2D eigenvalue weighted by molar-refractivity contribution is 7.93. The number of benzene rings is 2. The highest BCUT2D eigenvalue weighted by Gasteiger charge is 2.21. The van der Waals surface area contributed by atoms with Crippen LogP contribution >= 0.6 is 0 Å². The Hall–Kier alpha value is -2.52. The standard InChI is InChI=1S/C15H15N3O2S/c1-10-6-7-11(2)15(14(10)17)21(19,20)18-13-5-3-4-12(8-13)9-16/h3-8,18H,17H2,1-2H3. The molecule has 2 aromatic carbocycles. The minimum absolute atomic E-state index is 0.0739. The molecule has 0 fully saturated rings. The molecular formula is C15H15N3O2S. The van der Waals surface area contributed by atoms with Crippen molar-refractivity contribution in [2.24, 2.45) is 0 Å². The lowest BCUT2D eigenvalue weighted by atomic mass is 10.1. The Bertz CT molecular complexity index is 836. The summed E-state index contributed by atoms with van der Waals surface area (Å²) in [4.78, 5) is 0.0739. The molecule has 0 aliphatic carbocycles. The lowest BCUT2D eigenvalue weighted by molar-refractivity contribution is 0.601. The number of nitrogen functional groups attached to an aromatic ring is 1. The average molecular weight is 301 g/mol. The molecule has 0 saturated carbocycles. The van der Waals surface area contributed by atoms with Crippen molar-refractivity contribution in [2.45, 2.75) is 18.7 Å². The minimum Gasteiger partial charge on any atom is -0.397 e. The normalized spacial score (nSPS) is 10.9. The Kier molecular flexibility index (Phi) is 3.87. The van der Waals surface area contributed by atoms with E-state index in [0.717, 1.165) is 0 Å². The number of aryl methyl sites for hydroxylation is 2. The Balaban J connectivity index is 2.49. The van der Waals surface area contributed by atoms with Crippen molar-refractivity contribution in [2.75, 3.05) is 10.5 Å². The maximum atomic E-state index is 12.5. The predicted octanol–water partition coefficient (Wildman–Crippen LogP) is 2.56. The molecule has 0 bridgehead atoms. The van der Waals surface area contributed by atoms with Crippen molar-refractivity contribution >= 4 is 21.4 Å². The Labute approximate surface area is 124 Å². The van der Waals surface area contributed by atoms with E-state index in [1.165, 1.54) is 6.07 Å². The molecular weight excluding hydrogens is 286 g/mol. The molecule has 0 saturated heterocycles. The van der Waals surface area contributed by atoms with E-state index in [9.17, 15) is 8.42 Å². The number of nitrogens with two attached hydrogens (primary N) is 1. The van der Waals surface area contributed by atoms with Crippen LogP contribution in [0, 0.1) is 25.2 Å². The second kappa shape index (κ2) is 5.46. The highest BCUT2D eigenvalue weighted by atomic mass is 32.2. The molecule has 2 aromatic rings. The largest absolute Gasteiger partial charge is 0.397 e. The summed E-state index contributed by atoms with van der Waals surface area (Å²) in [6.07, 6.45) is 0. The van der Waals surface area contributed by atoms with Crippen molar-refractivity contribution in [3.63, 3.8) is 0 Å². The van der Waals surface area contributed by atoms with Gasteiger partial charge in [0.15, 0.2) is 0 Å². The first kappa shape index (κ1) is 14.9. The molecule has 108 valence electrons. The Morgan fingerprint density at radius 2 is 1.81 bits per heavy atom. The maximum Gasteiger partial charge on any atom is 0.264 e. The van der Waals surface area contributed by atoms with Crippen molar-refractivity contribution in [3.05, 3.63) is 53.1 Å². The molecule has 5 nitrogen and oxygen atoms in total. The number of anilines is 2. The van der Waals surface area contributed by atoms with E-state index < -0.39 is 10.0 Å². The summed E-state index contributed by atoms with van der Waals surface area (Å²) in [6.45, 7) is 3.44. The second-order valence-corrected chi connectivity index (χ2v) is 6.36. The van der Waals surface area contributed by atoms with Crippen LogP contribution in [-0.2, 0) is 10.0 Å². The van der Waals surface area contributed by atoms with Crippen molar-refractivity contribution in [3.8, 4) is 6.07 Å². The van der Waals surface area contributed by atoms with Crippen LogP contribution in [-0.4, -0.2) is 8.42 Å². The third kappa shape index (κ3) is 2.98. The van der Waals surface area contributed by atoms with Gasteiger partial charge >= 0.3 is 0 Å². The van der Waals surface area contributed by atoms with Gasteiger partial charge in [-0.05, 0) is 43.2 Å². The summed E-state index contributed by atoms with van der Waals surface area (Å²) in [7, 11) is -3.81. The monoisotopic (exact) mass is 301 g/mol. The Morgan fingerprint density at radius 1 is 1.14 bits per heavy atom. The van der Waals surface area contributed by atoms with Crippen LogP contribution in [0.15, 0.2) is 41.3 Å². The summed E-state index contributed by atoms with van der Waals surface area (Å²) >= 11 is 0. The molecule has 0 aliphatic heterocycles. The summed E-state index contributed by atoms with van der Waals surface area (Å²) in [5.41, 5.74) is 8.12. The van der Waals surface area contributed by atoms with Gasteiger partial charge in [0.05, 0.1) is 23.0 Å². The van der Waals surface area contributed by atoms with Crippen LogP contribution in [0.25, 0.3) is 0 Å². The van der Waals surface area contributed by atoms with Crippen molar-refractivity contribution < 1.29 is 8.42 Å². The summed E-state index contributed by atoms with van der Waals surface area (Å²) < 4.78 is 27.5. The third-order valence-electron chi connectivity index (χ3n) is 3.12. The van der Waals surface area contributed by atoms with Gasteiger partial charge in [-0.15, -0.1) is 0 Å². The smallest absolute Gasteiger partial charge is 0.264 e. The molecule has 3 N–H and O–H groups in total. The van der Waals surface area contributed by atoms with E-state index in [2.05, 4.69) is 4.72 Å². The van der Waals surface area contributed by atoms with Crippen LogP contribution in [0.3, 0.4) is 0 Å². The van der Waals surface area contributed by atoms with Crippen LogP contribution < -0.4 is 10.5 Å². The number of sulfonamides is 1. The fraction of sp³-hybridized carbons (Fsp3) is 0.133. The quantitative estimate of drug-likeness (QED) is 0.851. The lowest BCUT2D eigenvalue weighted by Gasteiger charge is -2.14. The zero-order chi connectivity index (χ0) is 15.6. The number of hydrogen-bond acceptors (Lipinski definition) is 4. The lowest BCUT2D eigenvalue weighted by Crippen LogP contribution is -2.17. The van der Waals surface area contributed by atoms with E-state index in [-0.39, 0.29) is 10.6 Å². The van der Waals surface area contributed by atoms with Gasteiger partial charge in [-0.3, -0.25) is 4.72 Å². The molecule has 0 unspecified atom stereocenters. The summed E-state index contributed by atoms with van der Waals surface area (Å²) in [6, 6.07) is 11.7. The van der Waals surface area contributed by atoms with E-state index in [0.29, 0.717) is 22.4 Å². The van der Waals surface area contributed by atoms with Gasteiger partial charge < -0.3 is 5.73 Å². The molecule has 0 atom stereocenters. The molecule has 21 heavy (non-hydrogen) atoms. The molecule has 0 heterocycles. The number of nitriles is 1. The molecule has 0 aliphatic rings.